The van der Waals surface area contributed by atoms with E-state index < -0.39 is 0 Å². The van der Waals surface area contributed by atoms with Crippen LogP contribution in [-0.4, -0.2) is 42.4 Å². The number of hydrogen-bond acceptors (Lipinski definition) is 6. The normalized spacial score (nSPS) is 12.1. The van der Waals surface area contributed by atoms with Crippen LogP contribution in [0.2, 0.25) is 0 Å². The van der Waals surface area contributed by atoms with E-state index in [9.17, 15) is 9.90 Å². The average Bonchev–Trinajstić information content (AvgIpc) is 2.68. The first-order valence-corrected chi connectivity index (χ1v) is 9.12. The number of carbonyl (C=O) groups excluding carboxylic acids is 1. The third-order valence-corrected chi connectivity index (χ3v) is 3.76. The molecule has 1 unspecified atom stereocenters. The van der Waals surface area contributed by atoms with Crippen LogP contribution in [0.25, 0.3) is 0 Å². The fourth-order valence-corrected chi connectivity index (χ4v) is 2.35. The second-order valence-corrected chi connectivity index (χ2v) is 6.10. The summed E-state index contributed by atoms with van der Waals surface area (Å²) >= 11 is 0. The number of hydrogen-bond donors (Lipinski definition) is 3. The summed E-state index contributed by atoms with van der Waals surface area (Å²) in [4.78, 5) is 10.5. The van der Waals surface area contributed by atoms with Gasteiger partial charge in [0, 0.05) is 20.1 Å². The highest BCUT2D eigenvalue weighted by Crippen LogP contribution is 2.27. The molecule has 1 rings (SSSR count). The lowest BCUT2D eigenvalue weighted by Gasteiger charge is -2.14. The first-order chi connectivity index (χ1) is 13.4. The zero-order valence-corrected chi connectivity index (χ0v) is 16.9. The first kappa shape index (κ1) is 28.5. The van der Waals surface area contributed by atoms with E-state index in [-0.39, 0.29) is 30.6 Å². The molecule has 0 aliphatic rings. The molecule has 0 bridgehead atoms. The Morgan fingerprint density at radius 1 is 1.24 bits per heavy atom. The summed E-state index contributed by atoms with van der Waals surface area (Å²) in [6.07, 6.45) is 8.16. The van der Waals surface area contributed by atoms with Crippen LogP contribution in [-0.2, 0) is 16.0 Å². The van der Waals surface area contributed by atoms with Crippen molar-refractivity contribution in [2.75, 3.05) is 20.8 Å². The van der Waals surface area contributed by atoms with Gasteiger partial charge in [0.15, 0.2) is 23.0 Å². The van der Waals surface area contributed by atoms with Gasteiger partial charge in [-0.2, -0.15) is 0 Å². The van der Waals surface area contributed by atoms with Crippen LogP contribution < -0.4 is 4.74 Å². The number of rotatable bonds is 11. The van der Waals surface area contributed by atoms with Gasteiger partial charge in [-0.3, -0.25) is 0 Å². The SMILES string of the molecule is C.C=C/C=C(O)\C(O)=C/CCC.COCC(CC=O)Cc1ccc(O)c(OC)c1. The summed E-state index contributed by atoms with van der Waals surface area (Å²) < 4.78 is 10.1. The maximum atomic E-state index is 10.5. The smallest absolute Gasteiger partial charge is 0.160 e. The Morgan fingerprint density at radius 2 is 1.93 bits per heavy atom. The molecule has 0 saturated carbocycles. The van der Waals surface area contributed by atoms with E-state index in [1.54, 1.807) is 25.3 Å². The molecular weight excluding hydrogens is 372 g/mol. The molecule has 0 amide bonds. The minimum absolute atomic E-state index is 0. The fraction of sp³-hybridized carbons (Fsp3) is 0.435. The Balaban J connectivity index is 0. The minimum atomic E-state index is -0.131. The number of aromatic hydroxyl groups is 1. The largest absolute Gasteiger partial charge is 0.504 e. The van der Waals surface area contributed by atoms with Gasteiger partial charge >= 0.3 is 0 Å². The van der Waals surface area contributed by atoms with Crippen LogP contribution in [0.1, 0.15) is 39.2 Å². The lowest BCUT2D eigenvalue weighted by Crippen LogP contribution is -2.12. The number of methoxy groups -OCH3 is 2. The van der Waals surface area contributed by atoms with Crippen molar-refractivity contribution in [1.29, 1.82) is 0 Å². The second kappa shape index (κ2) is 17.4. The number of ether oxygens (including phenoxy) is 2. The molecule has 0 heterocycles. The predicted molar refractivity (Wildman–Crippen MR) is 118 cm³/mol. The molecule has 0 saturated heterocycles. The molecule has 6 nitrogen and oxygen atoms in total. The zero-order chi connectivity index (χ0) is 21.4. The summed E-state index contributed by atoms with van der Waals surface area (Å²) in [6, 6.07) is 5.20. The molecule has 0 aliphatic carbocycles. The molecule has 0 spiro atoms. The number of aldehydes is 1. The molecule has 29 heavy (non-hydrogen) atoms. The molecule has 1 aromatic carbocycles. The Labute approximate surface area is 174 Å². The highest BCUT2D eigenvalue weighted by Gasteiger charge is 2.11. The summed E-state index contributed by atoms with van der Waals surface area (Å²) in [5.74, 6) is 0.520. The van der Waals surface area contributed by atoms with E-state index in [0.717, 1.165) is 31.1 Å². The van der Waals surface area contributed by atoms with Gasteiger partial charge in [-0.15, -0.1) is 0 Å². The summed E-state index contributed by atoms with van der Waals surface area (Å²) in [5.41, 5.74) is 1.02. The molecule has 0 fully saturated rings. The summed E-state index contributed by atoms with van der Waals surface area (Å²) in [7, 11) is 3.13. The number of aliphatic hydroxyl groups is 2. The summed E-state index contributed by atoms with van der Waals surface area (Å²) in [6.45, 7) is 5.93. The van der Waals surface area contributed by atoms with Crippen molar-refractivity contribution < 1.29 is 29.6 Å². The highest BCUT2D eigenvalue weighted by atomic mass is 16.5. The number of allylic oxidation sites excluding steroid dienone is 3. The molecule has 0 aliphatic heterocycles. The van der Waals surface area contributed by atoms with Crippen molar-refractivity contribution in [2.24, 2.45) is 5.92 Å². The van der Waals surface area contributed by atoms with Gasteiger partial charge in [0.1, 0.15) is 6.29 Å². The van der Waals surface area contributed by atoms with Gasteiger partial charge in [-0.1, -0.05) is 39.5 Å². The van der Waals surface area contributed by atoms with Crippen molar-refractivity contribution >= 4 is 6.29 Å². The van der Waals surface area contributed by atoms with Crippen LogP contribution >= 0.6 is 0 Å². The van der Waals surface area contributed by atoms with Crippen LogP contribution in [0.3, 0.4) is 0 Å². The van der Waals surface area contributed by atoms with Gasteiger partial charge in [-0.05, 0) is 48.6 Å². The third-order valence-electron chi connectivity index (χ3n) is 3.76. The molecule has 3 N–H and O–H groups in total. The number of benzene rings is 1. The predicted octanol–water partition coefficient (Wildman–Crippen LogP) is 5.29. The number of unbranched alkanes of at least 4 members (excludes halogenated alkanes) is 1. The van der Waals surface area contributed by atoms with E-state index in [2.05, 4.69) is 6.58 Å². The van der Waals surface area contributed by atoms with Crippen molar-refractivity contribution in [3.63, 3.8) is 0 Å². The molecule has 6 heteroatoms. The third kappa shape index (κ3) is 12.4. The maximum absolute atomic E-state index is 10.5. The molecule has 0 aromatic heterocycles. The number of phenols is 1. The van der Waals surface area contributed by atoms with E-state index in [1.807, 2.05) is 13.0 Å². The van der Waals surface area contributed by atoms with Gasteiger partial charge in [0.05, 0.1) is 7.11 Å². The topological polar surface area (TPSA) is 96.2 Å². The average molecular weight is 409 g/mol. The Hall–Kier alpha value is -2.73. The molecule has 1 aromatic rings. The number of aliphatic hydroxyl groups excluding tert-OH is 2. The van der Waals surface area contributed by atoms with Gasteiger partial charge in [0.2, 0.25) is 0 Å². The molecule has 0 radical (unpaired) electrons. The summed E-state index contributed by atoms with van der Waals surface area (Å²) in [5, 5.41) is 27.6. The fourth-order valence-electron chi connectivity index (χ4n) is 2.35. The lowest BCUT2D eigenvalue weighted by atomic mass is 9.97. The van der Waals surface area contributed by atoms with Gasteiger partial charge in [0.25, 0.3) is 0 Å². The van der Waals surface area contributed by atoms with E-state index in [4.69, 9.17) is 19.7 Å². The highest BCUT2D eigenvalue weighted by molar-refractivity contribution is 5.50. The van der Waals surface area contributed by atoms with Gasteiger partial charge in [-0.25, -0.2) is 0 Å². The second-order valence-electron chi connectivity index (χ2n) is 6.10. The molecule has 164 valence electrons. The zero-order valence-electron chi connectivity index (χ0n) is 16.9. The first-order valence-electron chi connectivity index (χ1n) is 9.12. The Bertz CT molecular complexity index is 649. The maximum Gasteiger partial charge on any atom is 0.160 e. The van der Waals surface area contributed by atoms with Gasteiger partial charge < -0.3 is 29.6 Å². The van der Waals surface area contributed by atoms with Crippen molar-refractivity contribution in [3.8, 4) is 11.5 Å². The quantitative estimate of drug-likeness (QED) is 0.262. The van der Waals surface area contributed by atoms with E-state index in [0.29, 0.717) is 18.8 Å². The van der Waals surface area contributed by atoms with Crippen LogP contribution in [0.4, 0.5) is 0 Å². The van der Waals surface area contributed by atoms with Crippen LogP contribution in [0.15, 0.2) is 54.5 Å². The molecule has 1 atom stereocenters. The van der Waals surface area contributed by atoms with Crippen LogP contribution in [0.5, 0.6) is 11.5 Å². The number of phenolic OH excluding ortho intramolecular Hbond substituents is 1. The van der Waals surface area contributed by atoms with Crippen molar-refractivity contribution in [3.05, 3.63) is 60.1 Å². The molecular formula is C23H36O6. The van der Waals surface area contributed by atoms with E-state index >= 15 is 0 Å². The lowest BCUT2D eigenvalue weighted by molar-refractivity contribution is -0.109. The Morgan fingerprint density at radius 3 is 2.45 bits per heavy atom. The van der Waals surface area contributed by atoms with Crippen LogP contribution in [0, 0.1) is 5.92 Å². The van der Waals surface area contributed by atoms with Crippen molar-refractivity contribution in [2.45, 2.75) is 40.0 Å². The number of carbonyl (C=O) groups is 1. The minimum Gasteiger partial charge on any atom is -0.504 e. The standard InChI is InChI=1S/C13H18O4.C9H14O2.CH4/c1-16-9-11(5-6-14)7-10-3-4-12(15)13(8-10)17-2;1-3-5-7-9(11)8(10)6-4-2;/h3-4,6,8,11,15H,5,7,9H2,1-2H3;4,6-7,10-11H,2-3,5H2,1H3;1H4/b;8-6+,9-7+;. The van der Waals surface area contributed by atoms with Crippen molar-refractivity contribution in [1.82, 2.24) is 0 Å². The monoisotopic (exact) mass is 408 g/mol. The Kier molecular flexibility index (Phi) is 17.1. The van der Waals surface area contributed by atoms with E-state index in [1.165, 1.54) is 19.3 Å².